The second-order valence-corrected chi connectivity index (χ2v) is 8.10. The molecule has 0 aliphatic rings. The number of esters is 2. The fourth-order valence-electron chi connectivity index (χ4n) is 3.48. The van der Waals surface area contributed by atoms with Gasteiger partial charge in [0.15, 0.2) is 0 Å². The number of fused-ring (bicyclic) bond motifs is 1. The fourth-order valence-corrected chi connectivity index (χ4v) is 3.89. The van der Waals surface area contributed by atoms with Crippen LogP contribution in [0.1, 0.15) is 35.5 Å². The first-order valence-electron chi connectivity index (χ1n) is 9.70. The lowest BCUT2D eigenvalue weighted by molar-refractivity contribution is -0.131. The highest BCUT2D eigenvalue weighted by Gasteiger charge is 2.25. The maximum Gasteiger partial charge on any atom is 0.340 e. The van der Waals surface area contributed by atoms with E-state index in [-0.39, 0.29) is 12.6 Å². The third-order valence-corrected chi connectivity index (χ3v) is 5.23. The summed E-state index contributed by atoms with van der Waals surface area (Å²) < 4.78 is 13.5. The quantitative estimate of drug-likeness (QED) is 0.371. The maximum absolute atomic E-state index is 13.0. The van der Waals surface area contributed by atoms with Crippen molar-refractivity contribution in [3.8, 4) is 5.75 Å². The minimum atomic E-state index is -0.426. The van der Waals surface area contributed by atoms with Crippen LogP contribution in [0.5, 0.6) is 5.75 Å². The molecular weight excluding hydrogens is 448 g/mol. The zero-order chi connectivity index (χ0) is 21.8. The molecule has 0 N–H and O–H groups in total. The lowest BCUT2D eigenvalue weighted by Gasteiger charge is -2.16. The summed E-state index contributed by atoms with van der Waals surface area (Å²) in [4.78, 5) is 26.5. The molecule has 0 aliphatic heterocycles. The number of hydrogen-bond acceptors (Lipinski definition) is 5. The van der Waals surface area contributed by atoms with E-state index in [9.17, 15) is 9.59 Å². The van der Waals surface area contributed by atoms with Crippen molar-refractivity contribution in [3.63, 3.8) is 0 Å². The summed E-state index contributed by atoms with van der Waals surface area (Å²) in [7, 11) is 3.92. The van der Waals surface area contributed by atoms with E-state index in [1.807, 2.05) is 43.3 Å². The topological polar surface area (TPSA) is 60.8 Å². The Morgan fingerprint density at radius 2 is 1.83 bits per heavy atom. The average molecular weight is 473 g/mol. The molecule has 1 aromatic heterocycles. The van der Waals surface area contributed by atoms with E-state index in [1.165, 1.54) is 6.92 Å². The van der Waals surface area contributed by atoms with Crippen molar-refractivity contribution >= 4 is 38.8 Å². The van der Waals surface area contributed by atoms with Crippen molar-refractivity contribution in [3.05, 3.63) is 63.8 Å². The van der Waals surface area contributed by atoms with Gasteiger partial charge < -0.3 is 18.9 Å². The second-order valence-electron chi connectivity index (χ2n) is 7.25. The van der Waals surface area contributed by atoms with Crippen molar-refractivity contribution in [2.24, 2.45) is 0 Å². The van der Waals surface area contributed by atoms with Crippen molar-refractivity contribution in [1.82, 2.24) is 9.47 Å². The maximum atomic E-state index is 13.0. The zero-order valence-electron chi connectivity index (χ0n) is 17.6. The summed E-state index contributed by atoms with van der Waals surface area (Å²) in [6.07, 6.45) is 0. The van der Waals surface area contributed by atoms with Gasteiger partial charge in [0, 0.05) is 31.1 Å². The van der Waals surface area contributed by atoms with Crippen LogP contribution in [-0.4, -0.2) is 42.1 Å². The van der Waals surface area contributed by atoms with Crippen molar-refractivity contribution in [2.75, 3.05) is 20.7 Å². The van der Waals surface area contributed by atoms with Gasteiger partial charge in [0.2, 0.25) is 0 Å². The molecular formula is C23H25BrN2O4. The minimum Gasteiger partial charge on any atom is -0.462 e. The molecule has 0 radical (unpaired) electrons. The molecule has 6 nitrogen and oxygen atoms in total. The number of rotatable bonds is 7. The third-order valence-electron chi connectivity index (χ3n) is 4.61. The van der Waals surface area contributed by atoms with Crippen LogP contribution in [-0.2, 0) is 22.6 Å². The number of aromatic nitrogens is 1. The molecule has 0 saturated carbocycles. The van der Waals surface area contributed by atoms with Gasteiger partial charge in [0.1, 0.15) is 5.75 Å². The molecule has 30 heavy (non-hydrogen) atoms. The number of hydrogen-bond donors (Lipinski definition) is 0. The molecule has 0 aliphatic carbocycles. The smallest absolute Gasteiger partial charge is 0.340 e. The predicted octanol–water partition coefficient (Wildman–Crippen LogP) is 4.62. The van der Waals surface area contributed by atoms with Gasteiger partial charge in [-0.3, -0.25) is 4.79 Å². The van der Waals surface area contributed by atoms with E-state index < -0.39 is 5.97 Å². The van der Waals surface area contributed by atoms with Gasteiger partial charge in [-0.2, -0.15) is 0 Å². The van der Waals surface area contributed by atoms with Crippen LogP contribution in [0.4, 0.5) is 0 Å². The third kappa shape index (κ3) is 4.74. The number of nitrogens with zero attached hydrogens (tertiary/aromatic N) is 2. The van der Waals surface area contributed by atoms with Crippen LogP contribution >= 0.6 is 15.9 Å². The van der Waals surface area contributed by atoms with Crippen LogP contribution in [0.3, 0.4) is 0 Å². The highest BCUT2D eigenvalue weighted by atomic mass is 79.9. The van der Waals surface area contributed by atoms with Crippen LogP contribution in [0.25, 0.3) is 10.9 Å². The van der Waals surface area contributed by atoms with Gasteiger partial charge >= 0.3 is 11.9 Å². The zero-order valence-corrected chi connectivity index (χ0v) is 19.2. The Morgan fingerprint density at radius 1 is 1.13 bits per heavy atom. The Labute approximate surface area is 184 Å². The molecule has 2 aromatic carbocycles. The fraction of sp³-hybridized carbons (Fsp3) is 0.304. The second kappa shape index (κ2) is 9.45. The van der Waals surface area contributed by atoms with Gasteiger partial charge in [-0.1, -0.05) is 30.3 Å². The van der Waals surface area contributed by atoms with Crippen molar-refractivity contribution < 1.29 is 19.1 Å². The molecule has 3 aromatic rings. The molecule has 0 saturated heterocycles. The first-order valence-corrected chi connectivity index (χ1v) is 10.5. The van der Waals surface area contributed by atoms with Crippen LogP contribution in [0.15, 0.2) is 46.9 Å². The number of carbonyl (C=O) groups excluding carboxylic acids is 2. The summed E-state index contributed by atoms with van der Waals surface area (Å²) in [5.74, 6) is -0.443. The van der Waals surface area contributed by atoms with Gasteiger partial charge in [0.25, 0.3) is 0 Å². The van der Waals surface area contributed by atoms with E-state index in [4.69, 9.17) is 9.47 Å². The molecule has 0 atom stereocenters. The monoisotopic (exact) mass is 472 g/mol. The molecule has 7 heteroatoms. The molecule has 0 fully saturated rings. The molecule has 0 spiro atoms. The molecule has 3 rings (SSSR count). The molecule has 158 valence electrons. The molecule has 0 unspecified atom stereocenters. The van der Waals surface area contributed by atoms with Gasteiger partial charge in [-0.15, -0.1) is 0 Å². The van der Waals surface area contributed by atoms with Crippen LogP contribution in [0, 0.1) is 0 Å². The first kappa shape index (κ1) is 22.1. The van der Waals surface area contributed by atoms with Crippen LogP contribution in [0.2, 0.25) is 0 Å². The summed E-state index contributed by atoms with van der Waals surface area (Å²) in [6.45, 7) is 4.56. The molecule has 0 amide bonds. The highest BCUT2D eigenvalue weighted by Crippen LogP contribution is 2.36. The van der Waals surface area contributed by atoms with E-state index in [2.05, 4.69) is 32.6 Å². The van der Waals surface area contributed by atoms with E-state index >= 15 is 0 Å². The number of carbonyl (C=O) groups is 2. The summed E-state index contributed by atoms with van der Waals surface area (Å²) >= 11 is 3.50. The van der Waals surface area contributed by atoms with Gasteiger partial charge in [-0.05, 0) is 54.6 Å². The Kier molecular flexibility index (Phi) is 6.95. The van der Waals surface area contributed by atoms with Crippen LogP contribution < -0.4 is 4.74 Å². The van der Waals surface area contributed by atoms with E-state index in [0.29, 0.717) is 34.3 Å². The summed E-state index contributed by atoms with van der Waals surface area (Å²) in [5.41, 5.74) is 3.33. The normalized spacial score (nSPS) is 11.1. The van der Waals surface area contributed by atoms with E-state index in [1.54, 1.807) is 13.0 Å². The van der Waals surface area contributed by atoms with Crippen molar-refractivity contribution in [1.29, 1.82) is 0 Å². The summed E-state index contributed by atoms with van der Waals surface area (Å²) in [6, 6.07) is 13.7. The average Bonchev–Trinajstić information content (AvgIpc) is 2.94. The first-order chi connectivity index (χ1) is 14.3. The number of ether oxygens (including phenoxy) is 2. The Hall–Kier alpha value is -2.64. The lowest BCUT2D eigenvalue weighted by Crippen LogP contribution is -2.18. The Balaban J connectivity index is 2.30. The molecule has 1 heterocycles. The van der Waals surface area contributed by atoms with Crippen molar-refractivity contribution in [2.45, 2.75) is 26.9 Å². The predicted molar refractivity (Wildman–Crippen MR) is 120 cm³/mol. The Morgan fingerprint density at radius 3 is 2.43 bits per heavy atom. The van der Waals surface area contributed by atoms with Gasteiger partial charge in [-0.25, -0.2) is 4.79 Å². The Bertz CT molecular complexity index is 1070. The largest absolute Gasteiger partial charge is 0.462 e. The lowest BCUT2D eigenvalue weighted by atomic mass is 10.1. The van der Waals surface area contributed by atoms with Gasteiger partial charge in [0.05, 0.1) is 22.2 Å². The van der Waals surface area contributed by atoms with E-state index in [0.717, 1.165) is 16.8 Å². The molecule has 0 bridgehead atoms. The minimum absolute atomic E-state index is 0.277. The SMILES string of the molecule is CCOC(=O)c1c(CN(C)C)n(Cc2ccccc2)c2cc(Br)c(OC(C)=O)cc12. The highest BCUT2D eigenvalue weighted by molar-refractivity contribution is 9.10. The summed E-state index contributed by atoms with van der Waals surface area (Å²) in [5, 5.41) is 0.695. The number of benzene rings is 2. The number of halogens is 1. The standard InChI is InChI=1S/C23H25BrN2O4/c1-5-29-23(28)22-17-11-21(30-15(2)27)18(24)12-19(17)26(20(22)14-25(3)4)13-16-9-7-6-8-10-16/h6-12H,5,13-14H2,1-4H3.